The number of ether oxygens (including phenoxy) is 2. The van der Waals surface area contributed by atoms with Crippen LogP contribution in [0.2, 0.25) is 0 Å². The fourth-order valence-electron chi connectivity index (χ4n) is 3.16. The van der Waals surface area contributed by atoms with Crippen molar-refractivity contribution in [3.05, 3.63) is 66.4 Å². The molecule has 0 unspecified atom stereocenters. The summed E-state index contributed by atoms with van der Waals surface area (Å²) in [6.07, 6.45) is 6.58. The van der Waals surface area contributed by atoms with Crippen molar-refractivity contribution >= 4 is 17.0 Å². The summed E-state index contributed by atoms with van der Waals surface area (Å²) in [5.74, 6) is -1.40. The van der Waals surface area contributed by atoms with Crippen molar-refractivity contribution in [3.8, 4) is 17.4 Å². The lowest BCUT2D eigenvalue weighted by atomic mass is 10.1. The molecule has 170 valence electrons. The maximum absolute atomic E-state index is 13.6. The average molecular weight is 452 g/mol. The molecule has 0 aliphatic heterocycles. The molecule has 3 heterocycles. The second-order valence-corrected chi connectivity index (χ2v) is 7.21. The van der Waals surface area contributed by atoms with E-state index in [1.807, 2.05) is 19.1 Å². The van der Waals surface area contributed by atoms with E-state index in [0.717, 1.165) is 12.5 Å². The molecule has 0 aliphatic carbocycles. The van der Waals surface area contributed by atoms with Gasteiger partial charge in [-0.15, -0.1) is 0 Å². The van der Waals surface area contributed by atoms with Gasteiger partial charge in [0.2, 0.25) is 5.88 Å². The molecule has 0 bridgehead atoms. The summed E-state index contributed by atoms with van der Waals surface area (Å²) >= 11 is 0. The number of aromatic nitrogens is 5. The number of benzene rings is 1. The third-order valence-electron chi connectivity index (χ3n) is 4.74. The SMILES string of the molecule is CCOc1cc(CCNc2ncnc3nccnc23)ccc1Oc1cc(C(C)(F)F)ccn1. The molecule has 10 heteroatoms. The highest BCUT2D eigenvalue weighted by Crippen LogP contribution is 2.34. The first-order chi connectivity index (χ1) is 15.9. The standard InChI is InChI=1S/C23H22F2N6O2/c1-3-32-18-12-15(6-8-28-21-20-22(31-14-30-21)29-11-10-27-20)4-5-17(18)33-19-13-16(7-9-26-19)23(2,24)25/h4-5,7,9-14H,3,6,8H2,1-2H3,(H,28,29,30,31). The molecule has 1 N–H and O–H groups in total. The van der Waals surface area contributed by atoms with E-state index in [-0.39, 0.29) is 11.4 Å². The van der Waals surface area contributed by atoms with Crippen molar-refractivity contribution in [2.24, 2.45) is 0 Å². The van der Waals surface area contributed by atoms with Gasteiger partial charge in [0, 0.05) is 43.7 Å². The van der Waals surface area contributed by atoms with E-state index in [9.17, 15) is 8.78 Å². The molecule has 33 heavy (non-hydrogen) atoms. The summed E-state index contributed by atoms with van der Waals surface area (Å²) in [6, 6.07) is 7.97. The van der Waals surface area contributed by atoms with E-state index >= 15 is 0 Å². The summed E-state index contributed by atoms with van der Waals surface area (Å²) in [5.41, 5.74) is 1.94. The van der Waals surface area contributed by atoms with Crippen molar-refractivity contribution in [2.75, 3.05) is 18.5 Å². The van der Waals surface area contributed by atoms with E-state index < -0.39 is 5.92 Å². The molecule has 0 aliphatic rings. The number of anilines is 1. The summed E-state index contributed by atoms with van der Waals surface area (Å²) in [5, 5.41) is 3.26. The maximum Gasteiger partial charge on any atom is 0.270 e. The Kier molecular flexibility index (Phi) is 6.53. The Balaban J connectivity index is 1.47. The van der Waals surface area contributed by atoms with Crippen LogP contribution in [0.3, 0.4) is 0 Å². The van der Waals surface area contributed by atoms with Crippen LogP contribution in [0.15, 0.2) is 55.2 Å². The average Bonchev–Trinajstić information content (AvgIpc) is 2.81. The molecule has 0 radical (unpaired) electrons. The Labute approximate surface area is 189 Å². The van der Waals surface area contributed by atoms with E-state index in [4.69, 9.17) is 9.47 Å². The van der Waals surface area contributed by atoms with Crippen LogP contribution in [0.4, 0.5) is 14.6 Å². The van der Waals surface area contributed by atoms with E-state index in [2.05, 4.69) is 30.2 Å². The molecular weight excluding hydrogens is 430 g/mol. The van der Waals surface area contributed by atoms with E-state index in [1.54, 1.807) is 18.5 Å². The quantitative estimate of drug-likeness (QED) is 0.388. The second kappa shape index (κ2) is 9.68. The predicted octanol–water partition coefficient (Wildman–Crippen LogP) is 4.77. The Morgan fingerprint density at radius 1 is 0.939 bits per heavy atom. The zero-order chi connectivity index (χ0) is 23.3. The number of rotatable bonds is 9. The highest BCUT2D eigenvalue weighted by molar-refractivity contribution is 5.81. The molecule has 4 rings (SSSR count). The first-order valence-corrected chi connectivity index (χ1v) is 10.4. The number of nitrogens with zero attached hydrogens (tertiary/aromatic N) is 5. The third-order valence-corrected chi connectivity index (χ3v) is 4.74. The molecule has 0 saturated heterocycles. The molecule has 0 saturated carbocycles. The molecule has 4 aromatic rings. The van der Waals surface area contributed by atoms with E-state index in [1.165, 1.54) is 24.7 Å². The molecule has 0 atom stereocenters. The summed E-state index contributed by atoms with van der Waals surface area (Å²) < 4.78 is 38.7. The summed E-state index contributed by atoms with van der Waals surface area (Å²) in [4.78, 5) is 20.8. The van der Waals surface area contributed by atoms with Gasteiger partial charge in [-0.2, -0.15) is 0 Å². The van der Waals surface area contributed by atoms with Gasteiger partial charge in [-0.05, 0) is 37.1 Å². The van der Waals surface area contributed by atoms with Crippen molar-refractivity contribution in [2.45, 2.75) is 26.2 Å². The molecule has 3 aromatic heterocycles. The first-order valence-electron chi connectivity index (χ1n) is 10.4. The maximum atomic E-state index is 13.6. The van der Waals surface area contributed by atoms with Crippen molar-refractivity contribution in [3.63, 3.8) is 0 Å². The van der Waals surface area contributed by atoms with Gasteiger partial charge in [-0.1, -0.05) is 6.07 Å². The van der Waals surface area contributed by atoms with Gasteiger partial charge in [0.1, 0.15) is 11.8 Å². The number of halogens is 2. The van der Waals surface area contributed by atoms with Crippen molar-refractivity contribution in [1.29, 1.82) is 0 Å². The molecule has 0 amide bonds. The molecule has 0 fully saturated rings. The number of hydrogen-bond donors (Lipinski definition) is 1. The smallest absolute Gasteiger partial charge is 0.270 e. The van der Waals surface area contributed by atoms with Gasteiger partial charge >= 0.3 is 0 Å². The lowest BCUT2D eigenvalue weighted by molar-refractivity contribution is 0.0171. The number of fused-ring (bicyclic) bond motifs is 1. The Morgan fingerprint density at radius 3 is 2.61 bits per heavy atom. The third kappa shape index (κ3) is 5.46. The van der Waals surface area contributed by atoms with Crippen LogP contribution in [-0.4, -0.2) is 38.1 Å². The van der Waals surface area contributed by atoms with Crippen molar-refractivity contribution in [1.82, 2.24) is 24.9 Å². The van der Waals surface area contributed by atoms with Gasteiger partial charge in [0.05, 0.1) is 6.61 Å². The van der Waals surface area contributed by atoms with Crippen LogP contribution in [0.5, 0.6) is 17.4 Å². The minimum Gasteiger partial charge on any atom is -0.490 e. The molecule has 0 spiro atoms. The van der Waals surface area contributed by atoms with Crippen LogP contribution < -0.4 is 14.8 Å². The fraction of sp³-hybridized carbons (Fsp3) is 0.261. The number of nitrogens with one attached hydrogen (secondary N) is 1. The largest absolute Gasteiger partial charge is 0.490 e. The van der Waals surface area contributed by atoms with Gasteiger partial charge in [0.15, 0.2) is 23.0 Å². The predicted molar refractivity (Wildman–Crippen MR) is 119 cm³/mol. The van der Waals surface area contributed by atoms with Gasteiger partial charge in [-0.25, -0.2) is 33.7 Å². The number of hydrogen-bond acceptors (Lipinski definition) is 8. The van der Waals surface area contributed by atoms with Gasteiger partial charge in [-0.3, -0.25) is 0 Å². The zero-order valence-corrected chi connectivity index (χ0v) is 18.1. The summed E-state index contributed by atoms with van der Waals surface area (Å²) in [7, 11) is 0. The van der Waals surface area contributed by atoms with Crippen LogP contribution >= 0.6 is 0 Å². The number of alkyl halides is 2. The Bertz CT molecular complexity index is 1240. The molecule has 8 nitrogen and oxygen atoms in total. The lowest BCUT2D eigenvalue weighted by Crippen LogP contribution is -2.08. The minimum absolute atomic E-state index is 0.0705. The van der Waals surface area contributed by atoms with Crippen molar-refractivity contribution < 1.29 is 18.3 Å². The first kappa shape index (κ1) is 22.3. The Morgan fingerprint density at radius 2 is 1.79 bits per heavy atom. The second-order valence-electron chi connectivity index (χ2n) is 7.21. The van der Waals surface area contributed by atoms with Gasteiger partial charge in [0.25, 0.3) is 5.92 Å². The normalized spacial score (nSPS) is 11.4. The zero-order valence-electron chi connectivity index (χ0n) is 18.1. The van der Waals surface area contributed by atoms with Crippen LogP contribution in [0.25, 0.3) is 11.2 Å². The highest BCUT2D eigenvalue weighted by atomic mass is 19.3. The molecular formula is C23H22F2N6O2. The van der Waals surface area contributed by atoms with Crippen LogP contribution in [0, 0.1) is 0 Å². The van der Waals surface area contributed by atoms with Crippen LogP contribution in [-0.2, 0) is 12.3 Å². The number of pyridine rings is 1. The lowest BCUT2D eigenvalue weighted by Gasteiger charge is -2.15. The highest BCUT2D eigenvalue weighted by Gasteiger charge is 2.25. The monoisotopic (exact) mass is 452 g/mol. The minimum atomic E-state index is -2.98. The van der Waals surface area contributed by atoms with E-state index in [0.29, 0.717) is 48.1 Å². The molecule has 1 aromatic carbocycles. The van der Waals surface area contributed by atoms with Gasteiger partial charge < -0.3 is 14.8 Å². The van der Waals surface area contributed by atoms with Crippen LogP contribution in [0.1, 0.15) is 25.0 Å². The topological polar surface area (TPSA) is 94.9 Å². The Hall–Kier alpha value is -3.95. The summed E-state index contributed by atoms with van der Waals surface area (Å²) in [6.45, 7) is 3.70. The fourth-order valence-corrected chi connectivity index (χ4v) is 3.16.